The van der Waals surface area contributed by atoms with Crippen LogP contribution in [-0.4, -0.2) is 101 Å². The molecule has 39 heavy (non-hydrogen) atoms. The Labute approximate surface area is 229 Å². The second-order valence-corrected chi connectivity index (χ2v) is 12.8. The third kappa shape index (κ3) is 5.70. The molecule has 5 atom stereocenters. The molecule has 7 rings (SSSR count). The average molecular weight is 551 g/mol. The Bertz CT molecular complexity index is 920. The molecular formula is C28H44F2N6O3. The second-order valence-electron chi connectivity index (χ2n) is 12.8. The number of fused-ring (bicyclic) bond motifs is 2. The van der Waals surface area contributed by atoms with E-state index in [1.807, 2.05) is 0 Å². The average Bonchev–Trinajstić information content (AvgIpc) is 3.24. The predicted octanol–water partition coefficient (Wildman–Crippen LogP) is 3.04. The largest absolute Gasteiger partial charge is 0.342 e. The number of carbonyl (C=O) groups is 3. The Morgan fingerprint density at radius 1 is 0.718 bits per heavy atom. The van der Waals surface area contributed by atoms with E-state index in [4.69, 9.17) is 0 Å². The van der Waals surface area contributed by atoms with Crippen LogP contribution in [0.15, 0.2) is 0 Å². The molecule has 7 aliphatic rings. The van der Waals surface area contributed by atoms with Gasteiger partial charge in [-0.25, -0.2) is 18.4 Å². The number of urea groups is 2. The molecule has 9 nitrogen and oxygen atoms in total. The molecule has 3 unspecified atom stereocenters. The maximum atomic E-state index is 13.2. The van der Waals surface area contributed by atoms with E-state index in [-0.39, 0.29) is 24.4 Å². The smallest absolute Gasteiger partial charge is 0.318 e. The lowest BCUT2D eigenvalue weighted by molar-refractivity contribution is -0.136. The number of carbonyl (C=O) groups excluding carboxylic acids is 3. The van der Waals surface area contributed by atoms with Crippen molar-refractivity contribution in [1.29, 1.82) is 0 Å². The van der Waals surface area contributed by atoms with Gasteiger partial charge < -0.3 is 30.7 Å². The Balaban J connectivity index is 0.000000231. The van der Waals surface area contributed by atoms with Gasteiger partial charge in [0.1, 0.15) is 5.92 Å². The van der Waals surface area contributed by atoms with Crippen LogP contribution >= 0.6 is 0 Å². The van der Waals surface area contributed by atoms with Crippen LogP contribution < -0.4 is 16.0 Å². The molecule has 0 radical (unpaired) electrons. The van der Waals surface area contributed by atoms with E-state index in [1.165, 1.54) is 25.7 Å². The number of nitrogens with one attached hydrogen (secondary N) is 3. The minimum Gasteiger partial charge on any atom is -0.342 e. The predicted molar refractivity (Wildman–Crippen MR) is 141 cm³/mol. The number of amides is 5. The highest BCUT2D eigenvalue weighted by Gasteiger charge is 2.62. The number of rotatable bonds is 3. The molecule has 3 saturated carbocycles. The number of halogens is 2. The summed E-state index contributed by atoms with van der Waals surface area (Å²) in [6.45, 7) is 3.14. The number of alkyl halides is 2. The molecule has 0 aromatic carbocycles. The van der Waals surface area contributed by atoms with E-state index >= 15 is 0 Å². The third-order valence-corrected chi connectivity index (χ3v) is 10.3. The van der Waals surface area contributed by atoms with Crippen molar-refractivity contribution in [3.63, 3.8) is 0 Å². The molecule has 7 fully saturated rings. The zero-order valence-corrected chi connectivity index (χ0v) is 22.9. The number of likely N-dealkylation sites (tertiary alicyclic amines) is 2. The van der Waals surface area contributed by atoms with Crippen molar-refractivity contribution in [2.75, 3.05) is 26.2 Å². The fourth-order valence-corrected chi connectivity index (χ4v) is 7.97. The standard InChI is InChI=1S/C21H32F2N4O2.C7H12N2O/c22-21(23)13-16(21)19(28)26-11-5-14(6-12-26)25-9-7-15(8-10-25)27-18-4-2-1-3-17(18)24-20(27)29;10-7-8-5-3-1-2-4-6(5)9-7/h14-18H,1-13H2,(H,24,29);5-6H,1-4H2,(H2,8,9,10)/t16?,17-,18-;/m0./s1. The molecular weight excluding hydrogens is 506 g/mol. The van der Waals surface area contributed by atoms with E-state index in [9.17, 15) is 23.2 Å². The van der Waals surface area contributed by atoms with Crippen molar-refractivity contribution in [2.24, 2.45) is 5.92 Å². The lowest BCUT2D eigenvalue weighted by atomic mass is 9.89. The van der Waals surface area contributed by atoms with E-state index < -0.39 is 11.8 Å². The minimum absolute atomic E-state index is 0.0249. The van der Waals surface area contributed by atoms with Crippen LogP contribution in [0.3, 0.4) is 0 Å². The van der Waals surface area contributed by atoms with Gasteiger partial charge >= 0.3 is 12.1 Å². The molecule has 0 bridgehead atoms. The van der Waals surface area contributed by atoms with Crippen molar-refractivity contribution in [3.8, 4) is 0 Å². The van der Waals surface area contributed by atoms with Gasteiger partial charge in [-0.1, -0.05) is 25.7 Å². The van der Waals surface area contributed by atoms with Gasteiger partial charge in [0.15, 0.2) is 0 Å². The number of piperidine rings is 2. The van der Waals surface area contributed by atoms with Crippen LogP contribution in [0, 0.1) is 5.92 Å². The van der Waals surface area contributed by atoms with E-state index in [2.05, 4.69) is 25.8 Å². The van der Waals surface area contributed by atoms with Gasteiger partial charge in [-0.2, -0.15) is 0 Å². The highest BCUT2D eigenvalue weighted by Crippen LogP contribution is 2.49. The Hall–Kier alpha value is -2.17. The quantitative estimate of drug-likeness (QED) is 0.503. The molecule has 5 amide bonds. The van der Waals surface area contributed by atoms with Gasteiger partial charge in [0.2, 0.25) is 5.91 Å². The summed E-state index contributed by atoms with van der Waals surface area (Å²) in [5.74, 6) is -4.19. The molecule has 0 aromatic rings. The summed E-state index contributed by atoms with van der Waals surface area (Å²) in [5.41, 5.74) is 0. The summed E-state index contributed by atoms with van der Waals surface area (Å²) in [7, 11) is 0. The van der Waals surface area contributed by atoms with Crippen molar-refractivity contribution < 1.29 is 23.2 Å². The molecule has 4 aliphatic heterocycles. The molecule has 0 aromatic heterocycles. The lowest BCUT2D eigenvalue weighted by Crippen LogP contribution is -2.54. The van der Waals surface area contributed by atoms with Crippen LogP contribution in [0.4, 0.5) is 18.4 Å². The minimum atomic E-state index is -2.77. The van der Waals surface area contributed by atoms with Crippen molar-refractivity contribution in [3.05, 3.63) is 0 Å². The van der Waals surface area contributed by atoms with E-state index in [0.29, 0.717) is 49.3 Å². The fraction of sp³-hybridized carbons (Fsp3) is 0.893. The van der Waals surface area contributed by atoms with Crippen molar-refractivity contribution in [2.45, 2.75) is 126 Å². The monoisotopic (exact) mass is 550 g/mol. The van der Waals surface area contributed by atoms with Crippen LogP contribution in [-0.2, 0) is 4.79 Å². The van der Waals surface area contributed by atoms with Gasteiger partial charge in [0.05, 0.1) is 24.2 Å². The molecule has 3 aliphatic carbocycles. The summed E-state index contributed by atoms with van der Waals surface area (Å²) in [6.07, 6.45) is 13.0. The maximum absolute atomic E-state index is 13.2. The summed E-state index contributed by atoms with van der Waals surface area (Å²) < 4.78 is 26.4. The van der Waals surface area contributed by atoms with Gasteiger partial charge in [0.25, 0.3) is 5.92 Å². The SMILES string of the molecule is O=C(C1CC1(F)F)N1CCC(N2CCC(N3C(=O)N[C@H]4CCCC[C@@H]43)CC2)CC1.O=C1NC2CCCCC2N1. The number of nitrogens with zero attached hydrogens (tertiary/aromatic N) is 3. The summed E-state index contributed by atoms with van der Waals surface area (Å²) in [5, 5.41) is 9.01. The normalized spacial score (nSPS) is 36.6. The Morgan fingerprint density at radius 3 is 1.85 bits per heavy atom. The van der Waals surface area contributed by atoms with Crippen LogP contribution in [0.25, 0.3) is 0 Å². The summed E-state index contributed by atoms with van der Waals surface area (Å²) >= 11 is 0. The summed E-state index contributed by atoms with van der Waals surface area (Å²) in [6, 6.07) is 2.49. The van der Waals surface area contributed by atoms with Crippen LogP contribution in [0.1, 0.15) is 83.5 Å². The van der Waals surface area contributed by atoms with Gasteiger partial charge in [-0.3, -0.25) is 4.79 Å². The van der Waals surface area contributed by atoms with E-state index in [0.717, 1.165) is 64.5 Å². The van der Waals surface area contributed by atoms with Gasteiger partial charge in [-0.15, -0.1) is 0 Å². The maximum Gasteiger partial charge on any atom is 0.318 e. The van der Waals surface area contributed by atoms with Gasteiger partial charge in [-0.05, 0) is 51.4 Å². The highest BCUT2D eigenvalue weighted by atomic mass is 19.3. The molecule has 3 N–H and O–H groups in total. The van der Waals surface area contributed by atoms with Crippen LogP contribution in [0.2, 0.25) is 0 Å². The first-order valence-electron chi connectivity index (χ1n) is 15.4. The topological polar surface area (TPSA) is 97.0 Å². The Morgan fingerprint density at radius 2 is 1.26 bits per heavy atom. The number of hydrogen-bond donors (Lipinski definition) is 3. The molecule has 4 heterocycles. The molecule has 4 saturated heterocycles. The highest BCUT2D eigenvalue weighted by molar-refractivity contribution is 5.83. The first-order chi connectivity index (χ1) is 18.8. The zero-order chi connectivity index (χ0) is 27.1. The zero-order valence-electron chi connectivity index (χ0n) is 22.9. The summed E-state index contributed by atoms with van der Waals surface area (Å²) in [4.78, 5) is 41.8. The van der Waals surface area contributed by atoms with Crippen molar-refractivity contribution in [1.82, 2.24) is 30.7 Å². The van der Waals surface area contributed by atoms with Gasteiger partial charge in [0, 0.05) is 44.7 Å². The second kappa shape index (κ2) is 11.0. The van der Waals surface area contributed by atoms with Crippen molar-refractivity contribution >= 4 is 18.0 Å². The first-order valence-corrected chi connectivity index (χ1v) is 15.4. The molecule has 11 heteroatoms. The molecule has 0 spiro atoms. The van der Waals surface area contributed by atoms with Crippen LogP contribution in [0.5, 0.6) is 0 Å². The first kappa shape index (κ1) is 27.0. The Kier molecular flexibility index (Phi) is 7.63. The number of hydrogen-bond acceptors (Lipinski definition) is 4. The lowest BCUT2D eigenvalue weighted by Gasteiger charge is -2.44. The third-order valence-electron chi connectivity index (χ3n) is 10.3. The molecule has 218 valence electrons. The fourth-order valence-electron chi connectivity index (χ4n) is 7.97. The van der Waals surface area contributed by atoms with E-state index in [1.54, 1.807) is 4.90 Å².